The SMILES string of the molecule is COC(=O)c1cc(F)c([N+](=O)[O-])cc1OC.COC(=O)c1cc(NC[C@@H]2CCO2)c([N+](=O)[O-])cc1OC. The van der Waals surface area contributed by atoms with Gasteiger partial charge in [0.15, 0.2) is 0 Å². The van der Waals surface area contributed by atoms with Gasteiger partial charge in [-0.25, -0.2) is 9.59 Å². The third kappa shape index (κ3) is 7.00. The van der Waals surface area contributed by atoms with Crippen molar-refractivity contribution in [1.82, 2.24) is 0 Å². The lowest BCUT2D eigenvalue weighted by Gasteiger charge is -2.26. The van der Waals surface area contributed by atoms with E-state index in [-0.39, 0.29) is 40.1 Å². The zero-order valence-electron chi connectivity index (χ0n) is 20.3. The molecule has 0 bridgehead atoms. The summed E-state index contributed by atoms with van der Waals surface area (Å²) in [7, 11) is 4.89. The lowest BCUT2D eigenvalue weighted by Crippen LogP contribution is -2.33. The van der Waals surface area contributed by atoms with Gasteiger partial charge in [0.1, 0.15) is 28.3 Å². The van der Waals surface area contributed by atoms with Crippen LogP contribution in [0.25, 0.3) is 0 Å². The van der Waals surface area contributed by atoms with Gasteiger partial charge in [-0.3, -0.25) is 20.2 Å². The molecule has 15 heteroatoms. The highest BCUT2D eigenvalue weighted by Gasteiger charge is 2.25. The van der Waals surface area contributed by atoms with Crippen LogP contribution in [0.1, 0.15) is 27.1 Å². The number of hydrogen-bond donors (Lipinski definition) is 1. The molecule has 14 nitrogen and oxygen atoms in total. The van der Waals surface area contributed by atoms with Crippen LogP contribution < -0.4 is 14.8 Å². The van der Waals surface area contributed by atoms with Gasteiger partial charge in [0.25, 0.3) is 5.69 Å². The first-order chi connectivity index (χ1) is 17.6. The van der Waals surface area contributed by atoms with Crippen LogP contribution in [0.5, 0.6) is 11.5 Å². The van der Waals surface area contributed by atoms with Crippen molar-refractivity contribution in [3.63, 3.8) is 0 Å². The van der Waals surface area contributed by atoms with Gasteiger partial charge in [0, 0.05) is 13.2 Å². The number of nitro groups is 2. The predicted octanol–water partition coefficient (Wildman–Crippen LogP) is 3.12. The molecule has 3 rings (SSSR count). The Hall–Kier alpha value is -4.53. The number of anilines is 1. The van der Waals surface area contributed by atoms with Crippen LogP contribution >= 0.6 is 0 Å². The number of ether oxygens (including phenoxy) is 5. The van der Waals surface area contributed by atoms with Gasteiger partial charge < -0.3 is 29.0 Å². The van der Waals surface area contributed by atoms with Gasteiger partial charge in [0.2, 0.25) is 5.82 Å². The van der Waals surface area contributed by atoms with Crippen molar-refractivity contribution < 1.29 is 47.5 Å². The highest BCUT2D eigenvalue weighted by molar-refractivity contribution is 5.95. The summed E-state index contributed by atoms with van der Waals surface area (Å²) in [6.07, 6.45) is 0.939. The minimum Gasteiger partial charge on any atom is -0.496 e. The molecular formula is C22H24FN3O11. The third-order valence-electron chi connectivity index (χ3n) is 5.10. The minimum absolute atomic E-state index is 0.0354. The van der Waals surface area contributed by atoms with Crippen LogP contribution in [0.2, 0.25) is 0 Å². The van der Waals surface area contributed by atoms with E-state index in [1.54, 1.807) is 0 Å². The highest BCUT2D eigenvalue weighted by Crippen LogP contribution is 2.33. The normalized spacial score (nSPS) is 13.7. The number of esters is 2. The first-order valence-electron chi connectivity index (χ1n) is 10.5. The van der Waals surface area contributed by atoms with Gasteiger partial charge in [0.05, 0.1) is 56.5 Å². The first-order valence-corrected chi connectivity index (χ1v) is 10.5. The summed E-state index contributed by atoms with van der Waals surface area (Å²) in [5.41, 5.74) is -0.768. The Morgan fingerprint density at radius 1 is 0.946 bits per heavy atom. The zero-order valence-corrected chi connectivity index (χ0v) is 20.3. The molecule has 1 saturated heterocycles. The monoisotopic (exact) mass is 525 g/mol. The van der Waals surface area contributed by atoms with Crippen molar-refractivity contribution in [2.24, 2.45) is 0 Å². The van der Waals surface area contributed by atoms with E-state index in [0.717, 1.165) is 19.6 Å². The molecule has 0 unspecified atom stereocenters. The summed E-state index contributed by atoms with van der Waals surface area (Å²) in [6, 6.07) is 4.11. The molecule has 0 saturated carbocycles. The van der Waals surface area contributed by atoms with E-state index in [4.69, 9.17) is 14.2 Å². The third-order valence-corrected chi connectivity index (χ3v) is 5.10. The lowest BCUT2D eigenvalue weighted by atomic mass is 10.1. The fourth-order valence-corrected chi connectivity index (χ4v) is 3.09. The van der Waals surface area contributed by atoms with Crippen molar-refractivity contribution >= 4 is 29.0 Å². The Balaban J connectivity index is 0.000000271. The molecular weight excluding hydrogens is 501 g/mol. The molecule has 0 spiro atoms. The molecule has 37 heavy (non-hydrogen) atoms. The van der Waals surface area contributed by atoms with E-state index in [0.29, 0.717) is 19.2 Å². The minimum atomic E-state index is -1.12. The molecule has 0 aliphatic carbocycles. The second-order valence-corrected chi connectivity index (χ2v) is 7.23. The van der Waals surface area contributed by atoms with Crippen molar-refractivity contribution in [2.75, 3.05) is 46.9 Å². The van der Waals surface area contributed by atoms with Gasteiger partial charge >= 0.3 is 17.6 Å². The van der Waals surface area contributed by atoms with Crippen molar-refractivity contribution in [2.45, 2.75) is 12.5 Å². The number of carbonyl (C=O) groups is 2. The maximum atomic E-state index is 13.2. The van der Waals surface area contributed by atoms with Crippen molar-refractivity contribution in [3.8, 4) is 11.5 Å². The number of carbonyl (C=O) groups excluding carboxylic acids is 2. The fraction of sp³-hybridized carbons (Fsp3) is 0.364. The van der Waals surface area contributed by atoms with Crippen LogP contribution in [0.15, 0.2) is 24.3 Å². The zero-order chi connectivity index (χ0) is 27.7. The standard InChI is InChI=1S/C13H16N2O6.C9H8FNO5/c1-19-12-6-11(15(17)18)10(5-9(12)13(16)20-2)14-7-8-3-4-21-8;1-15-8-4-7(11(13)14)6(10)3-5(8)9(12)16-2/h5-6,8,14H,3-4,7H2,1-2H3;3-4H,1-2H3/t8-;/m0./s1. The van der Waals surface area contributed by atoms with Crippen molar-refractivity contribution in [3.05, 3.63) is 61.4 Å². The second kappa shape index (κ2) is 13.0. The van der Waals surface area contributed by atoms with E-state index >= 15 is 0 Å². The van der Waals surface area contributed by atoms with E-state index in [1.807, 2.05) is 0 Å². The molecule has 2 aromatic carbocycles. The number of nitrogens with zero attached hydrogens (tertiary/aromatic N) is 2. The smallest absolute Gasteiger partial charge is 0.341 e. The highest BCUT2D eigenvalue weighted by atomic mass is 19.1. The molecule has 0 amide bonds. The average molecular weight is 525 g/mol. The van der Waals surface area contributed by atoms with Crippen LogP contribution in [0.3, 0.4) is 0 Å². The Labute approximate surface area is 209 Å². The Morgan fingerprint density at radius 2 is 1.43 bits per heavy atom. The van der Waals surface area contributed by atoms with Gasteiger partial charge in [-0.1, -0.05) is 0 Å². The number of methoxy groups -OCH3 is 4. The molecule has 1 fully saturated rings. The van der Waals surface area contributed by atoms with Crippen LogP contribution in [0, 0.1) is 26.0 Å². The van der Waals surface area contributed by atoms with E-state index < -0.39 is 33.3 Å². The van der Waals surface area contributed by atoms with Crippen LogP contribution in [0.4, 0.5) is 21.5 Å². The quantitative estimate of drug-likeness (QED) is 0.288. The lowest BCUT2D eigenvalue weighted by molar-refractivity contribution is -0.387. The molecule has 0 radical (unpaired) electrons. The predicted molar refractivity (Wildman–Crippen MR) is 125 cm³/mol. The summed E-state index contributed by atoms with van der Waals surface area (Å²) < 4.78 is 37.2. The molecule has 200 valence electrons. The van der Waals surface area contributed by atoms with Gasteiger partial charge in [-0.2, -0.15) is 4.39 Å². The Bertz CT molecular complexity index is 1180. The topological polar surface area (TPSA) is 179 Å². The molecule has 1 heterocycles. The fourth-order valence-electron chi connectivity index (χ4n) is 3.09. The summed E-state index contributed by atoms with van der Waals surface area (Å²) in [5.74, 6) is -2.58. The average Bonchev–Trinajstić information content (AvgIpc) is 2.86. The maximum absolute atomic E-state index is 13.2. The molecule has 1 atom stereocenters. The summed E-state index contributed by atoms with van der Waals surface area (Å²) in [6.45, 7) is 1.14. The number of benzene rings is 2. The Morgan fingerprint density at radius 3 is 1.84 bits per heavy atom. The molecule has 1 N–H and O–H groups in total. The maximum Gasteiger partial charge on any atom is 0.341 e. The van der Waals surface area contributed by atoms with Gasteiger partial charge in [-0.15, -0.1) is 0 Å². The largest absolute Gasteiger partial charge is 0.496 e. The van der Waals surface area contributed by atoms with Crippen LogP contribution in [-0.2, 0) is 14.2 Å². The first kappa shape index (κ1) is 28.7. The van der Waals surface area contributed by atoms with E-state index in [2.05, 4.69) is 14.8 Å². The summed E-state index contributed by atoms with van der Waals surface area (Å²) >= 11 is 0. The molecule has 0 aromatic heterocycles. The van der Waals surface area contributed by atoms with E-state index in [1.165, 1.54) is 33.5 Å². The van der Waals surface area contributed by atoms with Crippen LogP contribution in [-0.4, -0.2) is 69.5 Å². The molecule has 1 aliphatic heterocycles. The number of nitro benzene ring substituents is 2. The second-order valence-electron chi connectivity index (χ2n) is 7.23. The summed E-state index contributed by atoms with van der Waals surface area (Å²) in [5, 5.41) is 24.5. The van der Waals surface area contributed by atoms with Crippen molar-refractivity contribution in [1.29, 1.82) is 0 Å². The number of halogens is 1. The number of nitrogens with one attached hydrogen (secondary N) is 1. The summed E-state index contributed by atoms with van der Waals surface area (Å²) in [4.78, 5) is 43.0. The van der Waals surface area contributed by atoms with Gasteiger partial charge in [-0.05, 0) is 18.6 Å². The number of hydrogen-bond acceptors (Lipinski definition) is 12. The molecule has 2 aromatic rings. The molecule has 1 aliphatic rings. The van der Waals surface area contributed by atoms with E-state index in [9.17, 15) is 34.2 Å². The Kier molecular flexibility index (Phi) is 10.1. The number of rotatable bonds is 9.